The van der Waals surface area contributed by atoms with Gasteiger partial charge in [0.1, 0.15) is 5.78 Å². The van der Waals surface area contributed by atoms with E-state index in [1.54, 1.807) is 11.8 Å². The molecule has 0 aromatic carbocycles. The van der Waals surface area contributed by atoms with Crippen molar-refractivity contribution in [3.63, 3.8) is 0 Å². The lowest BCUT2D eigenvalue weighted by molar-refractivity contribution is -0.140. The third kappa shape index (κ3) is 2.72. The molecular formula is C9H15NO2S. The van der Waals surface area contributed by atoms with Crippen molar-refractivity contribution < 1.29 is 9.59 Å². The van der Waals surface area contributed by atoms with E-state index in [1.807, 2.05) is 18.1 Å². The number of likely N-dealkylation sites (tertiary alicyclic amines) is 1. The van der Waals surface area contributed by atoms with Crippen molar-refractivity contribution in [2.24, 2.45) is 0 Å². The summed E-state index contributed by atoms with van der Waals surface area (Å²) in [7, 11) is 0. The maximum atomic E-state index is 11.4. The monoisotopic (exact) mass is 201 g/mol. The van der Waals surface area contributed by atoms with Crippen LogP contribution in [0.25, 0.3) is 0 Å². The second-order valence-electron chi connectivity index (χ2n) is 3.36. The molecule has 0 N–H and O–H groups in total. The first kappa shape index (κ1) is 10.6. The van der Waals surface area contributed by atoms with Gasteiger partial charge in [0.05, 0.1) is 6.42 Å². The topological polar surface area (TPSA) is 37.4 Å². The van der Waals surface area contributed by atoms with Crippen LogP contribution in [0.3, 0.4) is 0 Å². The van der Waals surface area contributed by atoms with Crippen LogP contribution in [0.2, 0.25) is 0 Å². The number of thioether (sulfide) groups is 1. The maximum absolute atomic E-state index is 11.4. The molecule has 0 aromatic heterocycles. The average molecular weight is 201 g/mol. The smallest absolute Gasteiger partial charge is 0.230 e. The zero-order valence-corrected chi connectivity index (χ0v) is 8.89. The molecule has 1 saturated heterocycles. The lowest BCUT2D eigenvalue weighted by Gasteiger charge is -2.31. The quantitative estimate of drug-likeness (QED) is 0.637. The predicted molar refractivity (Wildman–Crippen MR) is 53.8 cm³/mol. The molecular weight excluding hydrogens is 186 g/mol. The number of Topliss-reactive ketones (excluding diaryl/α,β-unsaturated/α-hetero) is 1. The van der Waals surface area contributed by atoms with E-state index in [1.165, 1.54) is 0 Å². The van der Waals surface area contributed by atoms with E-state index in [0.29, 0.717) is 13.0 Å². The Labute approximate surface area is 82.9 Å². The first-order valence-corrected chi connectivity index (χ1v) is 5.84. The summed E-state index contributed by atoms with van der Waals surface area (Å²) < 4.78 is 0. The Balaban J connectivity index is 2.50. The van der Waals surface area contributed by atoms with Crippen molar-refractivity contribution in [3.8, 4) is 0 Å². The summed E-state index contributed by atoms with van der Waals surface area (Å²) in [5, 5.41) is 0. The fraction of sp³-hybridized carbons (Fsp3) is 0.778. The van der Waals surface area contributed by atoms with Gasteiger partial charge in [-0.05, 0) is 13.2 Å². The molecule has 1 amide bonds. The Morgan fingerprint density at radius 3 is 2.77 bits per heavy atom. The van der Waals surface area contributed by atoms with Gasteiger partial charge in [-0.3, -0.25) is 9.59 Å². The van der Waals surface area contributed by atoms with Gasteiger partial charge < -0.3 is 4.90 Å². The Morgan fingerprint density at radius 2 is 2.23 bits per heavy atom. The van der Waals surface area contributed by atoms with E-state index < -0.39 is 0 Å². The van der Waals surface area contributed by atoms with Crippen LogP contribution in [-0.4, -0.2) is 41.2 Å². The molecule has 0 bridgehead atoms. The SMILES string of the molecule is CSCC(C)N1CCC(=O)CC1=O. The Morgan fingerprint density at radius 1 is 1.54 bits per heavy atom. The molecule has 3 nitrogen and oxygen atoms in total. The lowest BCUT2D eigenvalue weighted by atomic mass is 10.1. The van der Waals surface area contributed by atoms with Crippen LogP contribution in [0.5, 0.6) is 0 Å². The van der Waals surface area contributed by atoms with Gasteiger partial charge in [0, 0.05) is 24.8 Å². The van der Waals surface area contributed by atoms with E-state index in [2.05, 4.69) is 0 Å². The number of hydrogen-bond donors (Lipinski definition) is 0. The fourth-order valence-corrected chi connectivity index (χ4v) is 2.19. The number of nitrogens with zero attached hydrogens (tertiary/aromatic N) is 1. The van der Waals surface area contributed by atoms with Crippen LogP contribution in [0, 0.1) is 0 Å². The Hall–Kier alpha value is -0.510. The van der Waals surface area contributed by atoms with Gasteiger partial charge in [0.15, 0.2) is 0 Å². The molecule has 1 aliphatic rings. The van der Waals surface area contributed by atoms with Crippen LogP contribution < -0.4 is 0 Å². The fourth-order valence-electron chi connectivity index (χ4n) is 1.53. The minimum absolute atomic E-state index is 0.00204. The summed E-state index contributed by atoms with van der Waals surface area (Å²) in [6.07, 6.45) is 2.67. The highest BCUT2D eigenvalue weighted by molar-refractivity contribution is 7.98. The lowest BCUT2D eigenvalue weighted by Crippen LogP contribution is -2.45. The number of amides is 1. The molecule has 0 saturated carbocycles. The van der Waals surface area contributed by atoms with E-state index in [-0.39, 0.29) is 24.2 Å². The molecule has 0 aliphatic carbocycles. The standard InChI is InChI=1S/C9H15NO2S/c1-7(6-13-2)10-4-3-8(11)5-9(10)12/h7H,3-6H2,1-2H3. The van der Waals surface area contributed by atoms with Crippen molar-refractivity contribution in [1.29, 1.82) is 0 Å². The van der Waals surface area contributed by atoms with Gasteiger partial charge in [-0.1, -0.05) is 0 Å². The number of hydrogen-bond acceptors (Lipinski definition) is 3. The molecule has 4 heteroatoms. The van der Waals surface area contributed by atoms with Gasteiger partial charge in [0.2, 0.25) is 5.91 Å². The highest BCUT2D eigenvalue weighted by atomic mass is 32.2. The second kappa shape index (κ2) is 4.65. The molecule has 1 aliphatic heterocycles. The van der Waals surface area contributed by atoms with Crippen molar-refractivity contribution in [2.75, 3.05) is 18.6 Å². The van der Waals surface area contributed by atoms with Crippen molar-refractivity contribution in [1.82, 2.24) is 4.90 Å². The van der Waals surface area contributed by atoms with Crippen molar-refractivity contribution >= 4 is 23.5 Å². The van der Waals surface area contributed by atoms with E-state index in [4.69, 9.17) is 0 Å². The highest BCUT2D eigenvalue weighted by Crippen LogP contribution is 2.13. The zero-order valence-electron chi connectivity index (χ0n) is 8.08. The third-order valence-electron chi connectivity index (χ3n) is 2.24. The van der Waals surface area contributed by atoms with Crippen LogP contribution in [0.1, 0.15) is 19.8 Å². The zero-order chi connectivity index (χ0) is 9.84. The largest absolute Gasteiger partial charge is 0.338 e. The molecule has 74 valence electrons. The number of carbonyl (C=O) groups is 2. The van der Waals surface area contributed by atoms with Crippen molar-refractivity contribution in [2.45, 2.75) is 25.8 Å². The van der Waals surface area contributed by atoms with Gasteiger partial charge in [-0.25, -0.2) is 0 Å². The maximum Gasteiger partial charge on any atom is 0.230 e. The molecule has 13 heavy (non-hydrogen) atoms. The van der Waals surface area contributed by atoms with E-state index in [0.717, 1.165) is 5.75 Å². The van der Waals surface area contributed by atoms with Crippen LogP contribution in [-0.2, 0) is 9.59 Å². The highest BCUT2D eigenvalue weighted by Gasteiger charge is 2.26. The average Bonchev–Trinajstić information content (AvgIpc) is 2.04. The minimum Gasteiger partial charge on any atom is -0.338 e. The Kier molecular flexibility index (Phi) is 3.78. The van der Waals surface area contributed by atoms with Crippen LogP contribution >= 0.6 is 11.8 Å². The van der Waals surface area contributed by atoms with Gasteiger partial charge in [-0.2, -0.15) is 11.8 Å². The minimum atomic E-state index is -0.00204. The molecule has 1 atom stereocenters. The molecule has 1 heterocycles. The summed E-state index contributed by atoms with van der Waals surface area (Å²) in [4.78, 5) is 24.2. The van der Waals surface area contributed by atoms with Gasteiger partial charge >= 0.3 is 0 Å². The summed E-state index contributed by atoms with van der Waals surface area (Å²) in [5.41, 5.74) is 0. The Bertz CT molecular complexity index is 218. The molecule has 0 radical (unpaired) electrons. The molecule has 0 spiro atoms. The summed E-state index contributed by atoms with van der Waals surface area (Å²) in [6, 6.07) is 0.260. The number of carbonyl (C=O) groups excluding carboxylic acids is 2. The number of ketones is 1. The number of piperidine rings is 1. The number of rotatable bonds is 3. The van der Waals surface area contributed by atoms with Crippen molar-refractivity contribution in [3.05, 3.63) is 0 Å². The summed E-state index contributed by atoms with van der Waals surface area (Å²) in [6.45, 7) is 2.64. The van der Waals surface area contributed by atoms with Gasteiger partial charge in [-0.15, -0.1) is 0 Å². The molecule has 1 fully saturated rings. The normalized spacial score (nSPS) is 20.6. The first-order chi connectivity index (χ1) is 6.15. The summed E-state index contributed by atoms with van der Waals surface area (Å²) >= 11 is 1.73. The second-order valence-corrected chi connectivity index (χ2v) is 4.27. The van der Waals surface area contributed by atoms with Gasteiger partial charge in [0.25, 0.3) is 0 Å². The summed E-state index contributed by atoms with van der Waals surface area (Å²) in [5.74, 6) is 1.02. The van der Waals surface area contributed by atoms with E-state index >= 15 is 0 Å². The van der Waals surface area contributed by atoms with Crippen LogP contribution in [0.15, 0.2) is 0 Å². The van der Waals surface area contributed by atoms with Crippen LogP contribution in [0.4, 0.5) is 0 Å². The molecule has 1 rings (SSSR count). The predicted octanol–water partition coefficient (Wildman–Crippen LogP) is 0.929. The van der Waals surface area contributed by atoms with E-state index in [9.17, 15) is 9.59 Å². The third-order valence-corrected chi connectivity index (χ3v) is 3.06. The molecule has 0 aromatic rings. The molecule has 1 unspecified atom stereocenters. The first-order valence-electron chi connectivity index (χ1n) is 4.45.